The van der Waals surface area contributed by atoms with E-state index in [1.165, 1.54) is 23.1 Å². The molecule has 10 heteroatoms. The zero-order valence-corrected chi connectivity index (χ0v) is 11.9. The fourth-order valence-electron chi connectivity index (χ4n) is 1.26. The van der Waals surface area contributed by atoms with Crippen molar-refractivity contribution in [3.63, 3.8) is 0 Å². The van der Waals surface area contributed by atoms with E-state index in [9.17, 15) is 0 Å². The number of hydrogen-bond donors (Lipinski definition) is 0. The van der Waals surface area contributed by atoms with E-state index >= 15 is 0 Å². The van der Waals surface area contributed by atoms with Crippen LogP contribution in [0.15, 0.2) is 28.2 Å². The zero-order chi connectivity index (χ0) is 13.2. The van der Waals surface area contributed by atoms with E-state index in [1.807, 2.05) is 6.92 Å². The summed E-state index contributed by atoms with van der Waals surface area (Å²) in [4.78, 5) is 16.3. The van der Waals surface area contributed by atoms with Gasteiger partial charge in [-0.05, 0) is 30.3 Å². The molecule has 0 aliphatic rings. The molecule has 0 aliphatic heterocycles. The van der Waals surface area contributed by atoms with Gasteiger partial charge in [0.25, 0.3) is 0 Å². The molecule has 0 aromatic carbocycles. The molecule has 0 N–H and O–H groups in total. The van der Waals surface area contributed by atoms with Gasteiger partial charge >= 0.3 is 0 Å². The van der Waals surface area contributed by atoms with Crippen LogP contribution in [0.3, 0.4) is 0 Å². The second kappa shape index (κ2) is 5.19. The third kappa shape index (κ3) is 2.88. The largest absolute Gasteiger partial charge is 0.274 e. The molecule has 0 spiro atoms. The number of imidazole rings is 1. The molecule has 0 bridgehead atoms. The first kappa shape index (κ1) is 12.5. The molecule has 0 aliphatic carbocycles. The Labute approximate surface area is 121 Å². The number of rotatable bonds is 3. The van der Waals surface area contributed by atoms with Gasteiger partial charge in [-0.1, -0.05) is 11.3 Å². The summed E-state index contributed by atoms with van der Waals surface area (Å²) >= 11 is 8.66. The average molecular weight is 312 g/mol. The molecule has 0 saturated carbocycles. The van der Waals surface area contributed by atoms with Crippen molar-refractivity contribution in [1.29, 1.82) is 0 Å². The van der Waals surface area contributed by atoms with E-state index in [1.54, 1.807) is 23.3 Å². The lowest BCUT2D eigenvalue weighted by Gasteiger charge is -2.02. The normalized spacial score (nSPS) is 10.8. The van der Waals surface area contributed by atoms with Crippen molar-refractivity contribution in [1.82, 2.24) is 34.7 Å². The molecule has 3 rings (SSSR count). The summed E-state index contributed by atoms with van der Waals surface area (Å²) in [5.41, 5.74) is 0. The van der Waals surface area contributed by atoms with Crippen molar-refractivity contribution in [2.45, 2.75) is 16.4 Å². The van der Waals surface area contributed by atoms with Crippen molar-refractivity contribution in [2.24, 2.45) is 0 Å². The van der Waals surface area contributed by atoms with E-state index in [0.717, 1.165) is 9.35 Å². The van der Waals surface area contributed by atoms with Crippen molar-refractivity contribution in [2.75, 3.05) is 0 Å². The van der Waals surface area contributed by atoms with Crippen LogP contribution in [-0.4, -0.2) is 34.7 Å². The van der Waals surface area contributed by atoms with Crippen LogP contribution in [0.1, 0.15) is 5.01 Å². The summed E-state index contributed by atoms with van der Waals surface area (Å²) in [6, 6.07) is 0. The highest BCUT2D eigenvalue weighted by Gasteiger charge is 2.10. The van der Waals surface area contributed by atoms with Crippen LogP contribution >= 0.6 is 34.7 Å². The highest BCUT2D eigenvalue weighted by atomic mass is 35.5. The second-order valence-corrected chi connectivity index (χ2v) is 6.08. The van der Waals surface area contributed by atoms with E-state index in [2.05, 4.69) is 30.1 Å². The van der Waals surface area contributed by atoms with Crippen LogP contribution in [0, 0.1) is 6.92 Å². The Morgan fingerprint density at radius 3 is 2.84 bits per heavy atom. The Balaban J connectivity index is 1.94. The van der Waals surface area contributed by atoms with Gasteiger partial charge in [-0.25, -0.2) is 4.98 Å². The Hall–Kier alpha value is -1.58. The lowest BCUT2D eigenvalue weighted by molar-refractivity contribution is 0.822. The molecule has 19 heavy (non-hydrogen) atoms. The highest BCUT2D eigenvalue weighted by molar-refractivity contribution is 8.00. The SMILES string of the molecule is Cc1nnc(Sc2nc(Cl)nc(-n3ccnc3)n2)s1. The minimum Gasteiger partial charge on any atom is -0.274 e. The van der Waals surface area contributed by atoms with Crippen molar-refractivity contribution in [3.05, 3.63) is 29.0 Å². The highest BCUT2D eigenvalue weighted by Crippen LogP contribution is 2.28. The third-order valence-corrected chi connectivity index (χ3v) is 3.92. The van der Waals surface area contributed by atoms with Gasteiger partial charge in [0.1, 0.15) is 11.3 Å². The Bertz CT molecular complexity index is 696. The van der Waals surface area contributed by atoms with Crippen molar-refractivity contribution >= 4 is 34.7 Å². The van der Waals surface area contributed by atoms with E-state index < -0.39 is 0 Å². The number of aromatic nitrogens is 7. The third-order valence-electron chi connectivity index (χ3n) is 2.00. The van der Waals surface area contributed by atoms with E-state index in [4.69, 9.17) is 11.6 Å². The maximum Gasteiger partial charge on any atom is 0.240 e. The van der Waals surface area contributed by atoms with E-state index in [0.29, 0.717) is 11.1 Å². The van der Waals surface area contributed by atoms with Gasteiger partial charge in [0.15, 0.2) is 4.34 Å². The summed E-state index contributed by atoms with van der Waals surface area (Å²) in [6.45, 7) is 1.89. The molecule has 0 fully saturated rings. The van der Waals surface area contributed by atoms with Gasteiger partial charge in [-0.2, -0.15) is 15.0 Å². The molecule has 0 amide bonds. The molecule has 96 valence electrons. The van der Waals surface area contributed by atoms with Crippen LogP contribution < -0.4 is 0 Å². The minimum absolute atomic E-state index is 0.127. The van der Waals surface area contributed by atoms with Crippen LogP contribution in [-0.2, 0) is 0 Å². The number of nitrogens with zero attached hydrogens (tertiary/aromatic N) is 7. The summed E-state index contributed by atoms with van der Waals surface area (Å²) in [7, 11) is 0. The van der Waals surface area contributed by atoms with Crippen LogP contribution in [0.5, 0.6) is 0 Å². The molecule has 7 nitrogen and oxygen atoms in total. The molecular formula is C9H6ClN7S2. The Kier molecular flexibility index (Phi) is 3.40. The maximum absolute atomic E-state index is 5.90. The van der Waals surface area contributed by atoms with Crippen molar-refractivity contribution in [3.8, 4) is 5.95 Å². The predicted octanol–water partition coefficient (Wildman–Crippen LogP) is 2.02. The molecule has 0 unspecified atom stereocenters. The van der Waals surface area contributed by atoms with Crippen LogP contribution in [0.4, 0.5) is 0 Å². The van der Waals surface area contributed by atoms with Gasteiger partial charge in [-0.15, -0.1) is 10.2 Å². The van der Waals surface area contributed by atoms with Gasteiger partial charge in [0, 0.05) is 12.4 Å². The quantitative estimate of drug-likeness (QED) is 0.731. The molecule has 0 saturated heterocycles. The molecular weight excluding hydrogens is 306 g/mol. The van der Waals surface area contributed by atoms with Gasteiger partial charge in [0.2, 0.25) is 16.4 Å². The smallest absolute Gasteiger partial charge is 0.240 e. The molecule has 0 atom stereocenters. The first-order valence-electron chi connectivity index (χ1n) is 5.08. The van der Waals surface area contributed by atoms with Gasteiger partial charge in [-0.3, -0.25) is 4.57 Å². The molecule has 3 aromatic heterocycles. The lowest BCUT2D eigenvalue weighted by Crippen LogP contribution is -2.02. The summed E-state index contributed by atoms with van der Waals surface area (Å²) in [5, 5.41) is 9.42. The predicted molar refractivity (Wildman–Crippen MR) is 70.7 cm³/mol. The van der Waals surface area contributed by atoms with Crippen LogP contribution in [0.25, 0.3) is 5.95 Å². The minimum atomic E-state index is 0.127. The number of halogens is 1. The standard InChI is InChI=1S/C9H6ClN7S2/c1-5-15-16-9(18-5)19-8-13-6(10)12-7(14-8)17-3-2-11-4-17/h2-4H,1H3. The first-order valence-corrected chi connectivity index (χ1v) is 7.10. The topological polar surface area (TPSA) is 82.3 Å². The molecule has 3 heterocycles. The average Bonchev–Trinajstić information content (AvgIpc) is 3.00. The van der Waals surface area contributed by atoms with Gasteiger partial charge < -0.3 is 0 Å². The molecule has 3 aromatic rings. The molecule has 0 radical (unpaired) electrons. The summed E-state index contributed by atoms with van der Waals surface area (Å²) < 4.78 is 2.42. The Morgan fingerprint density at radius 2 is 2.16 bits per heavy atom. The maximum atomic E-state index is 5.90. The fraction of sp³-hybridized carbons (Fsp3) is 0.111. The first-order chi connectivity index (χ1) is 9.20. The monoisotopic (exact) mass is 311 g/mol. The Morgan fingerprint density at radius 1 is 1.26 bits per heavy atom. The number of aryl methyl sites for hydroxylation is 1. The summed E-state index contributed by atoms with van der Waals surface area (Å²) in [6.07, 6.45) is 4.96. The fourth-order valence-corrected chi connectivity index (χ4v) is 3.13. The lowest BCUT2D eigenvalue weighted by atomic mass is 10.8. The van der Waals surface area contributed by atoms with Gasteiger partial charge in [0.05, 0.1) is 0 Å². The zero-order valence-electron chi connectivity index (χ0n) is 9.56. The second-order valence-electron chi connectivity index (χ2n) is 3.35. The number of hydrogen-bond acceptors (Lipinski definition) is 8. The summed E-state index contributed by atoms with van der Waals surface area (Å²) in [5.74, 6) is 0.418. The van der Waals surface area contributed by atoms with Crippen LogP contribution in [0.2, 0.25) is 5.28 Å². The van der Waals surface area contributed by atoms with Crippen molar-refractivity contribution < 1.29 is 0 Å². The van der Waals surface area contributed by atoms with E-state index in [-0.39, 0.29) is 5.28 Å².